The molecule has 26 heavy (non-hydrogen) atoms. The topological polar surface area (TPSA) is 102 Å². The van der Waals surface area contributed by atoms with Crippen molar-refractivity contribution in [2.24, 2.45) is 5.92 Å². The van der Waals surface area contributed by atoms with Crippen molar-refractivity contribution in [3.05, 3.63) is 41.9 Å². The number of esters is 1. The van der Waals surface area contributed by atoms with Crippen molar-refractivity contribution >= 4 is 29.3 Å². The molecule has 1 aromatic carbocycles. The van der Waals surface area contributed by atoms with Gasteiger partial charge in [-0.25, -0.2) is 4.39 Å². The molecule has 3 rings (SSSR count). The molecule has 1 saturated heterocycles. The van der Waals surface area contributed by atoms with Crippen LogP contribution in [-0.2, 0) is 19.1 Å². The summed E-state index contributed by atoms with van der Waals surface area (Å²) in [5.74, 6) is -1.81. The second-order valence-electron chi connectivity index (χ2n) is 5.86. The molecule has 0 saturated carbocycles. The molecule has 136 valence electrons. The molecular weight excluding hydrogens is 345 g/mol. The van der Waals surface area contributed by atoms with Crippen LogP contribution in [0.2, 0.25) is 0 Å². The number of carbonyl (C=O) groups is 3. The highest BCUT2D eigenvalue weighted by Crippen LogP contribution is 2.26. The molecule has 0 spiro atoms. The number of halogens is 1. The maximum Gasteiger partial charge on any atom is 0.311 e. The van der Waals surface area contributed by atoms with Crippen molar-refractivity contribution in [3.8, 4) is 0 Å². The summed E-state index contributed by atoms with van der Waals surface area (Å²) in [7, 11) is 0. The van der Waals surface area contributed by atoms with E-state index in [1.807, 2.05) is 0 Å². The number of rotatable bonds is 5. The fourth-order valence-electron chi connectivity index (χ4n) is 2.59. The van der Waals surface area contributed by atoms with Crippen molar-refractivity contribution in [1.29, 1.82) is 0 Å². The first-order valence-electron chi connectivity index (χ1n) is 7.88. The van der Waals surface area contributed by atoms with E-state index in [0.29, 0.717) is 11.4 Å². The summed E-state index contributed by atoms with van der Waals surface area (Å²) in [5, 5.41) is 6.02. The van der Waals surface area contributed by atoms with Crippen molar-refractivity contribution in [3.63, 3.8) is 0 Å². The van der Waals surface area contributed by atoms with E-state index in [1.165, 1.54) is 35.2 Å². The standard InChI is InChI=1S/C17H16FN3O5/c1-10-6-14(20-26-10)19-15(22)9-25-17(24)11-7-16(23)21(8-11)13-4-2-12(18)3-5-13/h2-6,11H,7-9H2,1H3,(H,19,20,22)/t11-/m0/s1. The highest BCUT2D eigenvalue weighted by Gasteiger charge is 2.36. The van der Waals surface area contributed by atoms with E-state index in [-0.39, 0.29) is 24.7 Å². The Hall–Kier alpha value is -3.23. The third kappa shape index (κ3) is 4.05. The summed E-state index contributed by atoms with van der Waals surface area (Å²) >= 11 is 0. The molecule has 1 aliphatic rings. The predicted octanol–water partition coefficient (Wildman–Crippen LogP) is 1.66. The van der Waals surface area contributed by atoms with Gasteiger partial charge in [0.25, 0.3) is 5.91 Å². The van der Waals surface area contributed by atoms with Gasteiger partial charge in [-0.3, -0.25) is 14.4 Å². The number of ether oxygens (including phenoxy) is 1. The van der Waals surface area contributed by atoms with Crippen LogP contribution >= 0.6 is 0 Å². The number of hydrogen-bond donors (Lipinski definition) is 1. The Morgan fingerprint density at radius 2 is 2.12 bits per heavy atom. The van der Waals surface area contributed by atoms with Crippen LogP contribution < -0.4 is 10.2 Å². The summed E-state index contributed by atoms with van der Waals surface area (Å²) < 4.78 is 22.8. The zero-order valence-electron chi connectivity index (χ0n) is 13.9. The van der Waals surface area contributed by atoms with Gasteiger partial charge in [-0.15, -0.1) is 0 Å². The van der Waals surface area contributed by atoms with Crippen molar-refractivity contribution < 1.29 is 28.0 Å². The number of aromatic nitrogens is 1. The fraction of sp³-hybridized carbons (Fsp3) is 0.294. The monoisotopic (exact) mass is 361 g/mol. The molecule has 0 unspecified atom stereocenters. The summed E-state index contributed by atoms with van der Waals surface area (Å²) in [6, 6.07) is 6.94. The van der Waals surface area contributed by atoms with Gasteiger partial charge in [0.1, 0.15) is 11.6 Å². The van der Waals surface area contributed by atoms with Crippen LogP contribution in [0.1, 0.15) is 12.2 Å². The van der Waals surface area contributed by atoms with Crippen LogP contribution in [0.15, 0.2) is 34.9 Å². The smallest absolute Gasteiger partial charge is 0.311 e. The number of benzene rings is 1. The largest absolute Gasteiger partial charge is 0.455 e. The van der Waals surface area contributed by atoms with Gasteiger partial charge in [0, 0.05) is 24.7 Å². The Morgan fingerprint density at radius 3 is 2.77 bits per heavy atom. The number of nitrogens with one attached hydrogen (secondary N) is 1. The zero-order valence-corrected chi connectivity index (χ0v) is 13.9. The van der Waals surface area contributed by atoms with Crippen LogP contribution in [0.5, 0.6) is 0 Å². The Morgan fingerprint density at radius 1 is 1.38 bits per heavy atom. The summed E-state index contributed by atoms with van der Waals surface area (Å²) in [6.45, 7) is 1.30. The first-order valence-corrected chi connectivity index (χ1v) is 7.88. The number of amides is 2. The molecular formula is C17H16FN3O5. The molecule has 2 heterocycles. The lowest BCUT2D eigenvalue weighted by Crippen LogP contribution is -2.28. The average Bonchev–Trinajstić information content (AvgIpc) is 3.19. The van der Waals surface area contributed by atoms with Gasteiger partial charge < -0.3 is 19.5 Å². The van der Waals surface area contributed by atoms with Gasteiger partial charge in [-0.1, -0.05) is 5.16 Å². The molecule has 2 aromatic rings. The number of carbonyl (C=O) groups excluding carboxylic acids is 3. The zero-order chi connectivity index (χ0) is 18.7. The van der Waals surface area contributed by atoms with E-state index < -0.39 is 30.2 Å². The van der Waals surface area contributed by atoms with E-state index in [2.05, 4.69) is 10.5 Å². The SMILES string of the molecule is Cc1cc(NC(=O)COC(=O)[C@H]2CC(=O)N(c3ccc(F)cc3)C2)no1. The number of nitrogens with zero attached hydrogens (tertiary/aromatic N) is 2. The lowest BCUT2D eigenvalue weighted by molar-refractivity contribution is -0.151. The molecule has 1 fully saturated rings. The molecule has 0 bridgehead atoms. The Balaban J connectivity index is 1.51. The van der Waals surface area contributed by atoms with Gasteiger partial charge in [0.05, 0.1) is 5.92 Å². The molecule has 8 nitrogen and oxygen atoms in total. The van der Waals surface area contributed by atoms with Gasteiger partial charge in [0.15, 0.2) is 12.4 Å². The van der Waals surface area contributed by atoms with Crippen LogP contribution in [0.4, 0.5) is 15.9 Å². The maximum atomic E-state index is 13.0. The molecule has 1 aliphatic heterocycles. The Bertz CT molecular complexity index is 833. The van der Waals surface area contributed by atoms with Crippen LogP contribution in [0.25, 0.3) is 0 Å². The second-order valence-corrected chi connectivity index (χ2v) is 5.86. The van der Waals surface area contributed by atoms with Crippen molar-refractivity contribution in [1.82, 2.24) is 5.16 Å². The predicted molar refractivity (Wildman–Crippen MR) is 87.7 cm³/mol. The van der Waals surface area contributed by atoms with Crippen molar-refractivity contribution in [2.45, 2.75) is 13.3 Å². The minimum atomic E-state index is -0.686. The average molecular weight is 361 g/mol. The molecule has 2 amide bonds. The van der Waals surface area contributed by atoms with E-state index in [9.17, 15) is 18.8 Å². The Kier molecular flexibility index (Phi) is 4.97. The minimum Gasteiger partial charge on any atom is -0.455 e. The van der Waals surface area contributed by atoms with Crippen LogP contribution in [0, 0.1) is 18.7 Å². The van der Waals surface area contributed by atoms with Crippen molar-refractivity contribution in [2.75, 3.05) is 23.4 Å². The van der Waals surface area contributed by atoms with Crippen LogP contribution in [0.3, 0.4) is 0 Å². The second kappa shape index (κ2) is 7.34. The third-order valence-corrected chi connectivity index (χ3v) is 3.84. The lowest BCUT2D eigenvalue weighted by Gasteiger charge is -2.16. The highest BCUT2D eigenvalue weighted by molar-refractivity contribution is 6.00. The Labute approximate surface area is 147 Å². The van der Waals surface area contributed by atoms with Gasteiger partial charge in [-0.2, -0.15) is 0 Å². The van der Waals surface area contributed by atoms with Gasteiger partial charge >= 0.3 is 5.97 Å². The number of anilines is 2. The van der Waals surface area contributed by atoms with E-state index in [1.54, 1.807) is 6.92 Å². The number of hydrogen-bond acceptors (Lipinski definition) is 6. The molecule has 1 aromatic heterocycles. The quantitative estimate of drug-likeness (QED) is 0.813. The van der Waals surface area contributed by atoms with E-state index in [0.717, 1.165) is 0 Å². The molecule has 0 radical (unpaired) electrons. The molecule has 0 aliphatic carbocycles. The van der Waals surface area contributed by atoms with Gasteiger partial charge in [-0.05, 0) is 31.2 Å². The fourth-order valence-corrected chi connectivity index (χ4v) is 2.59. The summed E-state index contributed by atoms with van der Waals surface area (Å²) in [5.41, 5.74) is 0.505. The molecule has 1 N–H and O–H groups in total. The van der Waals surface area contributed by atoms with E-state index in [4.69, 9.17) is 9.26 Å². The first-order chi connectivity index (χ1) is 12.4. The minimum absolute atomic E-state index is 0.0275. The molecule has 9 heteroatoms. The van der Waals surface area contributed by atoms with E-state index >= 15 is 0 Å². The third-order valence-electron chi connectivity index (χ3n) is 3.84. The highest BCUT2D eigenvalue weighted by atomic mass is 19.1. The van der Waals surface area contributed by atoms with Gasteiger partial charge in [0.2, 0.25) is 5.91 Å². The maximum absolute atomic E-state index is 13.0. The summed E-state index contributed by atoms with van der Waals surface area (Å²) in [4.78, 5) is 37.3. The summed E-state index contributed by atoms with van der Waals surface area (Å²) in [6.07, 6.45) is -0.0275. The normalized spacial score (nSPS) is 16.6. The molecule has 1 atom stereocenters. The first kappa shape index (κ1) is 17.6. The number of aryl methyl sites for hydroxylation is 1. The lowest BCUT2D eigenvalue weighted by atomic mass is 10.1. The van der Waals surface area contributed by atoms with Crippen LogP contribution in [-0.4, -0.2) is 36.1 Å².